The van der Waals surface area contributed by atoms with E-state index in [1.807, 2.05) is 20.8 Å². The fraction of sp³-hybridized carbons (Fsp3) is 0.545. The van der Waals surface area contributed by atoms with Crippen molar-refractivity contribution in [3.63, 3.8) is 0 Å². The van der Waals surface area contributed by atoms with E-state index in [9.17, 15) is 9.59 Å². The van der Waals surface area contributed by atoms with Gasteiger partial charge in [-0.05, 0) is 18.9 Å². The zero-order chi connectivity index (χ0) is 12.3. The molecule has 0 aromatic carbocycles. The van der Waals surface area contributed by atoms with Gasteiger partial charge in [-0.15, -0.1) is 0 Å². The highest BCUT2D eigenvalue weighted by molar-refractivity contribution is 5.92. The molecule has 1 N–H and O–H groups in total. The fourth-order valence-corrected chi connectivity index (χ4v) is 1.07. The molecule has 5 heteroatoms. The average Bonchev–Trinajstić information content (AvgIpc) is 2.21. The van der Waals surface area contributed by atoms with Gasteiger partial charge in [0.05, 0.1) is 0 Å². The minimum atomic E-state index is -0.253. The van der Waals surface area contributed by atoms with Crippen LogP contribution in [0, 0.1) is 5.92 Å². The second-order valence-electron chi connectivity index (χ2n) is 4.19. The molecule has 5 nitrogen and oxygen atoms in total. The molecular formula is C11H17N3O2. The third-order valence-electron chi connectivity index (χ3n) is 2.55. The lowest BCUT2D eigenvalue weighted by Crippen LogP contribution is -2.37. The van der Waals surface area contributed by atoms with Gasteiger partial charge in [0.15, 0.2) is 0 Å². The van der Waals surface area contributed by atoms with E-state index in [0.29, 0.717) is 5.92 Å². The second-order valence-corrected chi connectivity index (χ2v) is 4.19. The average molecular weight is 223 g/mol. The van der Waals surface area contributed by atoms with Crippen LogP contribution in [-0.2, 0) is 7.05 Å². The summed E-state index contributed by atoms with van der Waals surface area (Å²) in [6.45, 7) is 5.99. The highest BCUT2D eigenvalue weighted by Gasteiger charge is 2.13. The summed E-state index contributed by atoms with van der Waals surface area (Å²) in [4.78, 5) is 22.8. The number of amides is 1. The van der Waals surface area contributed by atoms with Crippen LogP contribution in [0.1, 0.15) is 31.3 Å². The summed E-state index contributed by atoms with van der Waals surface area (Å²) < 4.78 is 1.15. The fourth-order valence-electron chi connectivity index (χ4n) is 1.07. The van der Waals surface area contributed by atoms with E-state index in [1.165, 1.54) is 19.2 Å². The molecule has 1 aromatic heterocycles. The lowest BCUT2D eigenvalue weighted by Gasteiger charge is -2.16. The van der Waals surface area contributed by atoms with Crippen molar-refractivity contribution in [2.24, 2.45) is 13.0 Å². The SMILES string of the molecule is CC(C)C(C)NC(=O)c1ccc(=O)n(C)n1. The Labute approximate surface area is 94.5 Å². The number of aryl methyl sites for hydroxylation is 1. The smallest absolute Gasteiger partial charge is 0.271 e. The molecule has 0 saturated heterocycles. The maximum atomic E-state index is 11.7. The Balaban J connectivity index is 2.81. The van der Waals surface area contributed by atoms with Crippen LogP contribution in [0.3, 0.4) is 0 Å². The zero-order valence-electron chi connectivity index (χ0n) is 10.0. The first-order valence-corrected chi connectivity index (χ1v) is 5.27. The van der Waals surface area contributed by atoms with Gasteiger partial charge in [-0.3, -0.25) is 9.59 Å². The number of nitrogens with one attached hydrogen (secondary N) is 1. The van der Waals surface area contributed by atoms with Crippen molar-refractivity contribution >= 4 is 5.91 Å². The molecular weight excluding hydrogens is 206 g/mol. The van der Waals surface area contributed by atoms with Crippen molar-refractivity contribution in [2.45, 2.75) is 26.8 Å². The molecule has 16 heavy (non-hydrogen) atoms. The number of carbonyl (C=O) groups excluding carboxylic acids is 1. The van der Waals surface area contributed by atoms with E-state index in [-0.39, 0.29) is 23.2 Å². The maximum Gasteiger partial charge on any atom is 0.271 e. The summed E-state index contributed by atoms with van der Waals surface area (Å²) in [6.07, 6.45) is 0. The molecule has 0 spiro atoms. The monoisotopic (exact) mass is 223 g/mol. The van der Waals surface area contributed by atoms with Crippen LogP contribution in [0.4, 0.5) is 0 Å². The maximum absolute atomic E-state index is 11.7. The van der Waals surface area contributed by atoms with Crippen molar-refractivity contribution in [1.82, 2.24) is 15.1 Å². The molecule has 1 amide bonds. The largest absolute Gasteiger partial charge is 0.348 e. The van der Waals surface area contributed by atoms with Crippen molar-refractivity contribution in [1.29, 1.82) is 0 Å². The lowest BCUT2D eigenvalue weighted by atomic mass is 10.1. The molecule has 88 valence electrons. The second kappa shape index (κ2) is 4.92. The first-order chi connectivity index (χ1) is 7.41. The molecule has 1 unspecified atom stereocenters. The van der Waals surface area contributed by atoms with E-state index in [1.54, 1.807) is 0 Å². The Hall–Kier alpha value is -1.65. The predicted octanol–water partition coefficient (Wildman–Crippen LogP) is 0.555. The number of aromatic nitrogens is 2. The molecule has 0 bridgehead atoms. The van der Waals surface area contributed by atoms with Gasteiger partial charge in [0, 0.05) is 19.2 Å². The van der Waals surface area contributed by atoms with Gasteiger partial charge >= 0.3 is 0 Å². The van der Waals surface area contributed by atoms with Gasteiger partial charge in [0.2, 0.25) is 0 Å². The standard InChI is InChI=1S/C11H17N3O2/c1-7(2)8(3)12-11(16)9-5-6-10(15)14(4)13-9/h5-8H,1-4H3,(H,12,16). The van der Waals surface area contributed by atoms with E-state index < -0.39 is 0 Å². The molecule has 0 saturated carbocycles. The van der Waals surface area contributed by atoms with Crippen molar-refractivity contribution in [3.8, 4) is 0 Å². The third kappa shape index (κ3) is 2.92. The molecule has 1 atom stereocenters. The van der Waals surface area contributed by atoms with Crippen molar-refractivity contribution < 1.29 is 4.79 Å². The molecule has 0 aliphatic carbocycles. The number of carbonyl (C=O) groups is 1. The molecule has 0 aliphatic rings. The van der Waals surface area contributed by atoms with E-state index >= 15 is 0 Å². The van der Waals surface area contributed by atoms with Gasteiger partial charge < -0.3 is 5.32 Å². The van der Waals surface area contributed by atoms with Crippen LogP contribution in [0.15, 0.2) is 16.9 Å². The Bertz CT molecular complexity index is 437. The van der Waals surface area contributed by atoms with Gasteiger partial charge in [-0.1, -0.05) is 13.8 Å². The van der Waals surface area contributed by atoms with Crippen LogP contribution in [0.5, 0.6) is 0 Å². The predicted molar refractivity (Wildman–Crippen MR) is 61.2 cm³/mol. The van der Waals surface area contributed by atoms with Crippen LogP contribution < -0.4 is 10.9 Å². The topological polar surface area (TPSA) is 64.0 Å². The third-order valence-corrected chi connectivity index (χ3v) is 2.55. The molecule has 0 radical (unpaired) electrons. The minimum absolute atomic E-state index is 0.0755. The Morgan fingerprint density at radius 1 is 1.38 bits per heavy atom. The minimum Gasteiger partial charge on any atom is -0.348 e. The molecule has 1 rings (SSSR count). The summed E-state index contributed by atoms with van der Waals surface area (Å²) in [5.41, 5.74) is 0.0306. The lowest BCUT2D eigenvalue weighted by molar-refractivity contribution is 0.0923. The first kappa shape index (κ1) is 12.4. The highest BCUT2D eigenvalue weighted by Crippen LogP contribution is 2.01. The summed E-state index contributed by atoms with van der Waals surface area (Å²) in [6, 6.07) is 2.85. The number of hydrogen-bond acceptors (Lipinski definition) is 3. The zero-order valence-corrected chi connectivity index (χ0v) is 10.0. The van der Waals surface area contributed by atoms with Crippen LogP contribution in [-0.4, -0.2) is 21.7 Å². The Morgan fingerprint density at radius 3 is 2.50 bits per heavy atom. The highest BCUT2D eigenvalue weighted by atomic mass is 16.2. The Kier molecular flexibility index (Phi) is 3.82. The van der Waals surface area contributed by atoms with Crippen molar-refractivity contribution in [3.05, 3.63) is 28.2 Å². The summed E-state index contributed by atoms with van der Waals surface area (Å²) >= 11 is 0. The van der Waals surface area contributed by atoms with Crippen molar-refractivity contribution in [2.75, 3.05) is 0 Å². The summed E-state index contributed by atoms with van der Waals surface area (Å²) in [5.74, 6) is 0.105. The number of rotatable bonds is 3. The number of hydrogen-bond donors (Lipinski definition) is 1. The van der Waals surface area contributed by atoms with Crippen LogP contribution >= 0.6 is 0 Å². The molecule has 1 aromatic rings. The number of nitrogens with zero attached hydrogens (tertiary/aromatic N) is 2. The van der Waals surface area contributed by atoms with Gasteiger partial charge in [0.1, 0.15) is 5.69 Å². The summed E-state index contributed by atoms with van der Waals surface area (Å²) in [7, 11) is 1.52. The quantitative estimate of drug-likeness (QED) is 0.814. The first-order valence-electron chi connectivity index (χ1n) is 5.27. The van der Waals surface area contributed by atoms with Crippen LogP contribution in [0.2, 0.25) is 0 Å². The van der Waals surface area contributed by atoms with E-state index in [2.05, 4.69) is 10.4 Å². The molecule has 0 fully saturated rings. The molecule has 0 aliphatic heterocycles. The molecule has 1 heterocycles. The van der Waals surface area contributed by atoms with Crippen LogP contribution in [0.25, 0.3) is 0 Å². The van der Waals surface area contributed by atoms with E-state index in [0.717, 1.165) is 4.68 Å². The van der Waals surface area contributed by atoms with Gasteiger partial charge in [0.25, 0.3) is 11.5 Å². The van der Waals surface area contributed by atoms with Gasteiger partial charge in [-0.25, -0.2) is 4.68 Å². The summed E-state index contributed by atoms with van der Waals surface area (Å²) in [5, 5.41) is 6.70. The Morgan fingerprint density at radius 2 is 2.00 bits per heavy atom. The van der Waals surface area contributed by atoms with Gasteiger partial charge in [-0.2, -0.15) is 5.10 Å². The van der Waals surface area contributed by atoms with E-state index in [4.69, 9.17) is 0 Å². The normalized spacial score (nSPS) is 12.6.